The summed E-state index contributed by atoms with van der Waals surface area (Å²) in [7, 11) is 6.41. The lowest BCUT2D eigenvalue weighted by molar-refractivity contribution is -0.871. The zero-order valence-corrected chi connectivity index (χ0v) is 9.27. The van der Waals surface area contributed by atoms with Crippen LogP contribution >= 0.6 is 0 Å². The Balaban J connectivity index is 2.48. The van der Waals surface area contributed by atoms with Gasteiger partial charge in [0.2, 0.25) is 0 Å². The number of rotatable bonds is 4. The van der Waals surface area contributed by atoms with E-state index >= 15 is 0 Å². The van der Waals surface area contributed by atoms with Gasteiger partial charge in [-0.3, -0.25) is 0 Å². The summed E-state index contributed by atoms with van der Waals surface area (Å²) in [5.74, 6) is 0. The van der Waals surface area contributed by atoms with Crippen LogP contribution in [0.4, 0.5) is 0 Å². The van der Waals surface area contributed by atoms with Crippen LogP contribution < -0.4 is 0 Å². The van der Waals surface area contributed by atoms with Gasteiger partial charge in [0.05, 0.1) is 33.8 Å². The summed E-state index contributed by atoms with van der Waals surface area (Å²) in [5, 5.41) is 9.87. The second kappa shape index (κ2) is 4.58. The molecule has 0 radical (unpaired) electrons. The van der Waals surface area contributed by atoms with E-state index in [1.807, 2.05) is 30.3 Å². The Morgan fingerprint density at radius 2 is 1.71 bits per heavy atom. The Morgan fingerprint density at radius 1 is 1.14 bits per heavy atom. The second-order valence-corrected chi connectivity index (χ2v) is 4.73. The molecule has 0 amide bonds. The summed E-state index contributed by atoms with van der Waals surface area (Å²) >= 11 is 0. The number of benzene rings is 1. The van der Waals surface area contributed by atoms with Crippen LogP contribution in [0.15, 0.2) is 30.3 Å². The lowest BCUT2D eigenvalue weighted by Gasteiger charge is -2.25. The molecule has 0 aliphatic heterocycles. The fourth-order valence-corrected chi connectivity index (χ4v) is 1.35. The van der Waals surface area contributed by atoms with Crippen molar-refractivity contribution in [1.82, 2.24) is 0 Å². The molecule has 0 heterocycles. The first kappa shape index (κ1) is 11.2. The Morgan fingerprint density at radius 3 is 2.21 bits per heavy atom. The monoisotopic (exact) mass is 194 g/mol. The summed E-state index contributed by atoms with van der Waals surface area (Å²) in [4.78, 5) is 0. The minimum Gasteiger partial charge on any atom is -0.388 e. The van der Waals surface area contributed by atoms with Gasteiger partial charge < -0.3 is 9.59 Å². The van der Waals surface area contributed by atoms with Crippen molar-refractivity contribution in [2.24, 2.45) is 0 Å². The van der Waals surface area contributed by atoms with Crippen LogP contribution in [0.1, 0.15) is 18.1 Å². The number of hydrogen-bond donors (Lipinski definition) is 1. The van der Waals surface area contributed by atoms with Gasteiger partial charge in [-0.2, -0.15) is 0 Å². The van der Waals surface area contributed by atoms with E-state index in [1.54, 1.807) is 0 Å². The summed E-state index contributed by atoms with van der Waals surface area (Å²) < 4.78 is 0.893. The van der Waals surface area contributed by atoms with Gasteiger partial charge in [0.25, 0.3) is 0 Å². The van der Waals surface area contributed by atoms with Crippen LogP contribution in [0.2, 0.25) is 0 Å². The predicted octanol–water partition coefficient (Wildman–Crippen LogP) is 1.82. The first-order valence-electron chi connectivity index (χ1n) is 5.02. The van der Waals surface area contributed by atoms with Crippen molar-refractivity contribution in [3.8, 4) is 0 Å². The maximum absolute atomic E-state index is 9.87. The van der Waals surface area contributed by atoms with Crippen LogP contribution in [0.3, 0.4) is 0 Å². The van der Waals surface area contributed by atoms with E-state index in [4.69, 9.17) is 0 Å². The smallest absolute Gasteiger partial charge is 0.0843 e. The highest BCUT2D eigenvalue weighted by molar-refractivity contribution is 5.16. The van der Waals surface area contributed by atoms with Gasteiger partial charge in [-0.15, -0.1) is 0 Å². The Bertz CT molecular complexity index is 263. The van der Waals surface area contributed by atoms with Gasteiger partial charge in [-0.05, 0) is 5.56 Å². The first-order chi connectivity index (χ1) is 6.49. The molecule has 0 fully saturated rings. The molecule has 0 aromatic heterocycles. The lowest BCUT2D eigenvalue weighted by atomic mass is 10.1. The Kier molecular flexibility index (Phi) is 3.67. The molecule has 2 heteroatoms. The molecule has 1 rings (SSSR count). The average Bonchev–Trinajstić information content (AvgIpc) is 2.14. The third kappa shape index (κ3) is 3.90. The van der Waals surface area contributed by atoms with E-state index in [0.29, 0.717) is 0 Å². The molecular formula is C12H20NO+. The molecule has 1 N–H and O–H groups in total. The lowest BCUT2D eigenvalue weighted by Crippen LogP contribution is -2.36. The molecule has 78 valence electrons. The minimum atomic E-state index is -0.325. The van der Waals surface area contributed by atoms with Gasteiger partial charge in [0.15, 0.2) is 0 Å². The highest BCUT2D eigenvalue weighted by Gasteiger charge is 2.12. The van der Waals surface area contributed by atoms with E-state index in [9.17, 15) is 5.11 Å². The maximum Gasteiger partial charge on any atom is 0.0843 e. The van der Waals surface area contributed by atoms with Crippen LogP contribution in [0.5, 0.6) is 0 Å². The van der Waals surface area contributed by atoms with Crippen molar-refractivity contribution < 1.29 is 9.59 Å². The fourth-order valence-electron chi connectivity index (χ4n) is 1.35. The van der Waals surface area contributed by atoms with E-state index in [0.717, 1.165) is 23.0 Å². The molecule has 1 unspecified atom stereocenters. The number of quaternary nitrogens is 1. The normalized spacial score (nSPS) is 14.0. The quantitative estimate of drug-likeness (QED) is 0.725. The third-order valence-electron chi connectivity index (χ3n) is 2.26. The van der Waals surface area contributed by atoms with Gasteiger partial charge in [-0.25, -0.2) is 0 Å². The highest BCUT2D eigenvalue weighted by atomic mass is 16.3. The van der Waals surface area contributed by atoms with Crippen molar-refractivity contribution in [2.75, 3.05) is 27.7 Å². The number of hydrogen-bond acceptors (Lipinski definition) is 1. The van der Waals surface area contributed by atoms with Crippen LogP contribution in [-0.4, -0.2) is 37.3 Å². The second-order valence-electron chi connectivity index (χ2n) is 4.73. The number of aliphatic hydroxyl groups excluding tert-OH is 1. The van der Waals surface area contributed by atoms with Crippen LogP contribution in [-0.2, 0) is 0 Å². The molecule has 0 aliphatic carbocycles. The summed E-state index contributed by atoms with van der Waals surface area (Å²) in [6.45, 7) is 0.982. The van der Waals surface area contributed by atoms with Gasteiger partial charge in [0.1, 0.15) is 0 Å². The third-order valence-corrected chi connectivity index (χ3v) is 2.26. The molecule has 2 nitrogen and oxygen atoms in total. The van der Waals surface area contributed by atoms with Gasteiger partial charge >= 0.3 is 0 Å². The van der Waals surface area contributed by atoms with Crippen molar-refractivity contribution in [2.45, 2.75) is 12.5 Å². The molecule has 1 aromatic rings. The van der Waals surface area contributed by atoms with E-state index in [2.05, 4.69) is 21.1 Å². The maximum atomic E-state index is 9.87. The number of aliphatic hydroxyl groups is 1. The van der Waals surface area contributed by atoms with Gasteiger partial charge in [-0.1, -0.05) is 30.3 Å². The molecule has 1 atom stereocenters. The zero-order chi connectivity index (χ0) is 10.6. The number of nitrogens with zero attached hydrogens (tertiary/aromatic N) is 1. The van der Waals surface area contributed by atoms with E-state index in [1.165, 1.54) is 0 Å². The first-order valence-corrected chi connectivity index (χ1v) is 5.02. The Labute approximate surface area is 86.4 Å². The molecule has 0 spiro atoms. The molecular weight excluding hydrogens is 174 g/mol. The molecule has 1 aromatic carbocycles. The molecule has 0 aliphatic rings. The molecule has 14 heavy (non-hydrogen) atoms. The van der Waals surface area contributed by atoms with Crippen molar-refractivity contribution in [1.29, 1.82) is 0 Å². The standard InChI is InChI=1S/C12H20NO/c1-13(2,3)10-9-12(14)11-7-5-4-6-8-11/h4-8,12,14H,9-10H2,1-3H3/q+1. The highest BCUT2D eigenvalue weighted by Crippen LogP contribution is 2.16. The van der Waals surface area contributed by atoms with Crippen molar-refractivity contribution in [3.05, 3.63) is 35.9 Å². The topological polar surface area (TPSA) is 20.2 Å². The average molecular weight is 194 g/mol. The van der Waals surface area contributed by atoms with Crippen LogP contribution in [0, 0.1) is 0 Å². The molecule has 0 saturated heterocycles. The van der Waals surface area contributed by atoms with E-state index in [-0.39, 0.29) is 6.10 Å². The largest absolute Gasteiger partial charge is 0.388 e. The van der Waals surface area contributed by atoms with Gasteiger partial charge in [0, 0.05) is 6.42 Å². The SMILES string of the molecule is C[N+](C)(C)CCC(O)c1ccccc1. The van der Waals surface area contributed by atoms with Crippen molar-refractivity contribution >= 4 is 0 Å². The minimum absolute atomic E-state index is 0.325. The molecule has 0 bridgehead atoms. The zero-order valence-electron chi connectivity index (χ0n) is 9.27. The van der Waals surface area contributed by atoms with Crippen LogP contribution in [0.25, 0.3) is 0 Å². The fraction of sp³-hybridized carbons (Fsp3) is 0.500. The summed E-state index contributed by atoms with van der Waals surface area (Å²) in [6.07, 6.45) is 0.488. The summed E-state index contributed by atoms with van der Waals surface area (Å²) in [6, 6.07) is 9.84. The van der Waals surface area contributed by atoms with E-state index < -0.39 is 0 Å². The Hall–Kier alpha value is -0.860. The summed E-state index contributed by atoms with van der Waals surface area (Å²) in [5.41, 5.74) is 1.01. The van der Waals surface area contributed by atoms with Crippen molar-refractivity contribution in [3.63, 3.8) is 0 Å². The molecule has 0 saturated carbocycles. The predicted molar refractivity (Wildman–Crippen MR) is 58.9 cm³/mol.